The van der Waals surface area contributed by atoms with E-state index >= 15 is 0 Å². The van der Waals surface area contributed by atoms with Crippen molar-refractivity contribution in [1.82, 2.24) is 4.90 Å². The monoisotopic (exact) mass is 173 g/mol. The molecule has 0 bridgehead atoms. The molecule has 70 valence electrons. The van der Waals surface area contributed by atoms with Crippen LogP contribution in [-0.4, -0.2) is 30.1 Å². The van der Waals surface area contributed by atoms with Gasteiger partial charge in [0, 0.05) is 14.0 Å². The predicted molar refractivity (Wildman–Crippen MR) is 44.7 cm³/mol. The zero-order chi connectivity index (χ0) is 9.72. The lowest BCUT2D eigenvalue weighted by molar-refractivity contribution is -0.126. The highest BCUT2D eigenvalue weighted by atomic mass is 16.6. The quantitative estimate of drug-likeness (QED) is 0.634. The van der Waals surface area contributed by atoms with E-state index in [1.54, 1.807) is 6.92 Å². The maximum absolute atomic E-state index is 11.0. The molecular weight excluding hydrogens is 158 g/mol. The SMILES string of the molecule is CCC(C)OC(=O)N(C)C(C)=O. The van der Waals surface area contributed by atoms with Crippen molar-refractivity contribution in [3.05, 3.63) is 0 Å². The first-order valence-electron chi connectivity index (χ1n) is 3.94. The molecule has 12 heavy (non-hydrogen) atoms. The molecule has 0 heterocycles. The molecule has 1 atom stereocenters. The van der Waals surface area contributed by atoms with Gasteiger partial charge in [0.2, 0.25) is 5.91 Å². The number of carbonyl (C=O) groups excluding carboxylic acids is 2. The molecule has 1 unspecified atom stereocenters. The maximum Gasteiger partial charge on any atom is 0.416 e. The lowest BCUT2D eigenvalue weighted by atomic mass is 10.3. The predicted octanol–water partition coefficient (Wildman–Crippen LogP) is 1.40. The summed E-state index contributed by atoms with van der Waals surface area (Å²) in [7, 11) is 1.40. The van der Waals surface area contributed by atoms with Crippen LogP contribution in [0.1, 0.15) is 27.2 Å². The number of amides is 2. The number of rotatable bonds is 2. The molecule has 0 fully saturated rings. The van der Waals surface area contributed by atoms with Crippen molar-refractivity contribution in [2.24, 2.45) is 0 Å². The first-order valence-corrected chi connectivity index (χ1v) is 3.94. The molecule has 0 radical (unpaired) electrons. The Bertz CT molecular complexity index is 179. The van der Waals surface area contributed by atoms with E-state index in [2.05, 4.69) is 0 Å². The number of imide groups is 1. The van der Waals surface area contributed by atoms with E-state index in [-0.39, 0.29) is 12.0 Å². The van der Waals surface area contributed by atoms with Crippen LogP contribution in [0.2, 0.25) is 0 Å². The summed E-state index contributed by atoms with van der Waals surface area (Å²) in [6.07, 6.45) is 0.0217. The molecule has 0 aliphatic carbocycles. The van der Waals surface area contributed by atoms with Gasteiger partial charge in [0.25, 0.3) is 0 Å². The molecular formula is C8H15NO3. The second-order valence-electron chi connectivity index (χ2n) is 2.68. The van der Waals surface area contributed by atoms with Crippen LogP contribution in [0.5, 0.6) is 0 Å². The van der Waals surface area contributed by atoms with E-state index in [1.165, 1.54) is 14.0 Å². The minimum atomic E-state index is -0.586. The maximum atomic E-state index is 11.0. The van der Waals surface area contributed by atoms with Crippen molar-refractivity contribution in [2.75, 3.05) is 7.05 Å². The molecule has 0 saturated carbocycles. The number of hydrogen-bond donors (Lipinski definition) is 0. The van der Waals surface area contributed by atoms with E-state index in [1.807, 2.05) is 6.92 Å². The lowest BCUT2D eigenvalue weighted by Crippen LogP contribution is -2.33. The van der Waals surface area contributed by atoms with Crippen molar-refractivity contribution in [1.29, 1.82) is 0 Å². The third-order valence-electron chi connectivity index (χ3n) is 1.62. The molecule has 0 saturated heterocycles. The summed E-state index contributed by atoms with van der Waals surface area (Å²) in [5, 5.41) is 0. The van der Waals surface area contributed by atoms with Crippen molar-refractivity contribution >= 4 is 12.0 Å². The van der Waals surface area contributed by atoms with Crippen LogP contribution >= 0.6 is 0 Å². The fraction of sp³-hybridized carbons (Fsp3) is 0.750. The number of nitrogens with zero attached hydrogens (tertiary/aromatic N) is 1. The van der Waals surface area contributed by atoms with Gasteiger partial charge in [0.15, 0.2) is 0 Å². The Morgan fingerprint density at radius 1 is 1.50 bits per heavy atom. The van der Waals surface area contributed by atoms with E-state index < -0.39 is 6.09 Å². The molecule has 0 aromatic rings. The average molecular weight is 173 g/mol. The second kappa shape index (κ2) is 4.74. The first-order chi connectivity index (χ1) is 5.49. The fourth-order valence-electron chi connectivity index (χ4n) is 0.463. The Labute approximate surface area is 72.5 Å². The van der Waals surface area contributed by atoms with Crippen LogP contribution in [-0.2, 0) is 9.53 Å². The molecule has 4 nitrogen and oxygen atoms in total. The van der Waals surface area contributed by atoms with Gasteiger partial charge in [-0.3, -0.25) is 9.69 Å². The van der Waals surface area contributed by atoms with Crippen LogP contribution in [0.4, 0.5) is 4.79 Å². The minimum Gasteiger partial charge on any atom is -0.446 e. The Morgan fingerprint density at radius 2 is 2.00 bits per heavy atom. The molecule has 0 aliphatic rings. The van der Waals surface area contributed by atoms with Crippen LogP contribution < -0.4 is 0 Å². The normalized spacial score (nSPS) is 12.0. The van der Waals surface area contributed by atoms with Crippen molar-refractivity contribution in [3.63, 3.8) is 0 Å². The highest BCUT2D eigenvalue weighted by molar-refractivity contribution is 5.90. The Hall–Kier alpha value is -1.06. The second-order valence-corrected chi connectivity index (χ2v) is 2.68. The number of hydrogen-bond acceptors (Lipinski definition) is 3. The summed E-state index contributed by atoms with van der Waals surface area (Å²) >= 11 is 0. The molecule has 0 spiro atoms. The number of ether oxygens (including phenoxy) is 1. The zero-order valence-electron chi connectivity index (χ0n) is 7.96. The van der Waals surface area contributed by atoms with Gasteiger partial charge in [-0.1, -0.05) is 6.92 Å². The smallest absolute Gasteiger partial charge is 0.416 e. The summed E-state index contributed by atoms with van der Waals surface area (Å²) in [5.74, 6) is -0.316. The van der Waals surface area contributed by atoms with E-state index in [0.717, 1.165) is 11.3 Å². The number of carbonyl (C=O) groups is 2. The van der Waals surface area contributed by atoms with E-state index in [4.69, 9.17) is 4.74 Å². The van der Waals surface area contributed by atoms with Crippen LogP contribution in [0.15, 0.2) is 0 Å². The van der Waals surface area contributed by atoms with Gasteiger partial charge < -0.3 is 4.74 Å². The summed E-state index contributed by atoms with van der Waals surface area (Å²) in [6, 6.07) is 0. The van der Waals surface area contributed by atoms with Crippen molar-refractivity contribution in [3.8, 4) is 0 Å². The molecule has 0 rings (SSSR count). The van der Waals surface area contributed by atoms with Crippen LogP contribution in [0.25, 0.3) is 0 Å². The molecule has 2 amide bonds. The molecule has 0 aromatic carbocycles. The summed E-state index contributed by atoms with van der Waals surface area (Å²) in [6.45, 7) is 5.01. The van der Waals surface area contributed by atoms with Gasteiger partial charge in [-0.15, -0.1) is 0 Å². The molecule has 0 aromatic heterocycles. The highest BCUT2D eigenvalue weighted by Gasteiger charge is 2.15. The molecule has 0 N–H and O–H groups in total. The fourth-order valence-corrected chi connectivity index (χ4v) is 0.463. The minimum absolute atomic E-state index is 0.140. The Kier molecular flexibility index (Phi) is 4.33. The largest absolute Gasteiger partial charge is 0.446 e. The first kappa shape index (κ1) is 10.9. The molecule has 4 heteroatoms. The lowest BCUT2D eigenvalue weighted by Gasteiger charge is -2.16. The van der Waals surface area contributed by atoms with Gasteiger partial charge in [-0.05, 0) is 13.3 Å². The summed E-state index contributed by atoms with van der Waals surface area (Å²) < 4.78 is 4.89. The third-order valence-corrected chi connectivity index (χ3v) is 1.62. The van der Waals surface area contributed by atoms with E-state index in [9.17, 15) is 9.59 Å². The average Bonchev–Trinajstić information content (AvgIpc) is 2.02. The van der Waals surface area contributed by atoms with Crippen LogP contribution in [0, 0.1) is 0 Å². The van der Waals surface area contributed by atoms with E-state index in [0.29, 0.717) is 0 Å². The standard InChI is InChI=1S/C8H15NO3/c1-5-6(2)12-8(11)9(4)7(3)10/h6H,5H2,1-4H3. The Morgan fingerprint density at radius 3 is 2.33 bits per heavy atom. The van der Waals surface area contributed by atoms with Crippen molar-refractivity contribution < 1.29 is 14.3 Å². The Balaban J connectivity index is 3.95. The highest BCUT2D eigenvalue weighted by Crippen LogP contribution is 1.99. The van der Waals surface area contributed by atoms with Gasteiger partial charge in [-0.25, -0.2) is 4.79 Å². The zero-order valence-corrected chi connectivity index (χ0v) is 7.96. The van der Waals surface area contributed by atoms with Gasteiger partial charge >= 0.3 is 6.09 Å². The molecule has 0 aliphatic heterocycles. The summed E-state index contributed by atoms with van der Waals surface area (Å²) in [4.78, 5) is 22.7. The topological polar surface area (TPSA) is 46.6 Å². The van der Waals surface area contributed by atoms with Gasteiger partial charge in [-0.2, -0.15) is 0 Å². The van der Waals surface area contributed by atoms with Gasteiger partial charge in [0.1, 0.15) is 6.10 Å². The third kappa shape index (κ3) is 3.37. The van der Waals surface area contributed by atoms with Crippen molar-refractivity contribution in [2.45, 2.75) is 33.3 Å². The summed E-state index contributed by atoms with van der Waals surface area (Å²) in [5.41, 5.74) is 0. The van der Waals surface area contributed by atoms with Crippen LogP contribution in [0.3, 0.4) is 0 Å². The van der Waals surface area contributed by atoms with Gasteiger partial charge in [0.05, 0.1) is 0 Å².